The minimum Gasteiger partial charge on any atom is -0.394 e. The van der Waals surface area contributed by atoms with Gasteiger partial charge in [0.2, 0.25) is 0 Å². The molecule has 0 aromatic carbocycles. The fourth-order valence-electron chi connectivity index (χ4n) is 16.9. The molecule has 12 aliphatic rings. The van der Waals surface area contributed by atoms with Crippen LogP contribution in [0.3, 0.4) is 0 Å². The molecule has 12 heterocycles. The van der Waals surface area contributed by atoms with E-state index in [0.717, 1.165) is 0 Å². The molecule has 0 aromatic heterocycles. The summed E-state index contributed by atoms with van der Waals surface area (Å²) < 4.78 is 138. The molecule has 0 saturated carbocycles. The van der Waals surface area contributed by atoms with E-state index in [-0.39, 0.29) is 12.8 Å². The highest BCUT2D eigenvalue weighted by atomic mass is 16.8. The van der Waals surface area contributed by atoms with Gasteiger partial charge in [0.25, 0.3) is 0 Å². The van der Waals surface area contributed by atoms with Gasteiger partial charge >= 0.3 is 0 Å². The van der Waals surface area contributed by atoms with Crippen LogP contribution in [0.4, 0.5) is 0 Å². The Morgan fingerprint density at radius 1 is 0.169 bits per heavy atom. The summed E-state index contributed by atoms with van der Waals surface area (Å²) in [6.45, 7) is 1.64. The molecule has 57 atom stereocenters. The number of ether oxygens (including phenoxy) is 23. The first-order valence-electron chi connectivity index (χ1n) is 41.0. The van der Waals surface area contributed by atoms with E-state index in [1.54, 1.807) is 0 Å². The van der Waals surface area contributed by atoms with Crippen molar-refractivity contribution >= 4 is 0 Å². The second-order valence-corrected chi connectivity index (χ2v) is 33.2. The number of hydrogen-bond donors (Lipinski definition) is 29. The lowest BCUT2D eigenvalue weighted by atomic mass is 9.95. The summed E-state index contributed by atoms with van der Waals surface area (Å²) in [5.41, 5.74) is 0. The van der Waals surface area contributed by atoms with Crippen LogP contribution >= 0.6 is 0 Å². The summed E-state index contributed by atoms with van der Waals surface area (Å²) in [6.07, 6.45) is -109. The summed E-state index contributed by atoms with van der Waals surface area (Å²) in [7, 11) is 0. The number of aliphatic hydroxyl groups is 29. The number of aliphatic hydroxyl groups excluding tert-OH is 29. The summed E-state index contributed by atoms with van der Waals surface area (Å²) >= 11 is 0. The van der Waals surface area contributed by atoms with Crippen LogP contribution in [0.5, 0.6) is 0 Å². The van der Waals surface area contributed by atoms with E-state index in [1.165, 1.54) is 41.5 Å². The third-order valence-electron chi connectivity index (χ3n) is 24.5. The van der Waals surface area contributed by atoms with Crippen LogP contribution in [-0.2, 0) is 109 Å². The Labute approximate surface area is 705 Å². The summed E-state index contributed by atoms with van der Waals surface area (Å²) in [5, 5.41) is 325. The van der Waals surface area contributed by atoms with Gasteiger partial charge in [0.15, 0.2) is 75.5 Å². The van der Waals surface area contributed by atoms with Crippen LogP contribution in [0.25, 0.3) is 0 Å². The Hall–Kier alpha value is -2.08. The van der Waals surface area contributed by atoms with Crippen molar-refractivity contribution in [3.05, 3.63) is 0 Å². The lowest BCUT2D eigenvalue weighted by Gasteiger charge is -2.51. The van der Waals surface area contributed by atoms with Crippen molar-refractivity contribution < 1.29 is 257 Å². The largest absolute Gasteiger partial charge is 0.394 e. The highest BCUT2D eigenvalue weighted by molar-refractivity contribution is 5.04. The molecule has 722 valence electrons. The standard InChI is InChI=1S/C72H122O52/c1-16-22(79)7-25(82)62(103-16)119-55-37(88)31(13-76)111-70(58(55)122-67-45(96)40(91)34(85)28(10-73)108-67)115-51-20(5)106-65(46(97)42(51)93)118-54-36(87)30(12-75)110-69(49(54)100)124-60-57(121-64-27(84)9-24(81)18(3)105-64)39(90)33(15-78)113-72(60)116-52-21(6)107-66(47(98)43(52)94)117-53-35(86)29(11-74)109-68(48(53)99)123-59-56(120-63-26(83)8-23(80)17(2)104-63)38(89)32(14-77)112-71(59)114-50-19(4)102-61(101)44(95)41(50)92/h16-101H,7-15H2,1-6H3/t16-,17-,18-,19+,20+,21+,22-,23-,24-,25-,26-,27-,28-,29-,30-,31-,32-,33-,34+,35+,36+,37-,38-,39-,40+,41+,42+,43+,44-,45-,46-,47-,48-,49-,50+,51+,52+,53+,54+,55+,56+,57+,58+,59+,60+,61-,62-,63-,64-,65+,66+,67-,68-,69-,70-,71-,72-/m1/s1. The minimum atomic E-state index is -2.42. The number of hydrogen-bond acceptors (Lipinski definition) is 52. The molecular formula is C72H122O52. The van der Waals surface area contributed by atoms with Gasteiger partial charge in [-0.1, -0.05) is 0 Å². The highest BCUT2D eigenvalue weighted by Crippen LogP contribution is 2.43. The van der Waals surface area contributed by atoms with E-state index >= 15 is 0 Å². The number of rotatable bonds is 28. The minimum absolute atomic E-state index is 0.328. The molecule has 0 aromatic rings. The molecule has 0 radical (unpaired) electrons. The molecule has 0 spiro atoms. The first-order valence-corrected chi connectivity index (χ1v) is 41.0. The monoisotopic (exact) mass is 1820 g/mol. The Morgan fingerprint density at radius 2 is 0.379 bits per heavy atom. The topological polar surface area (TPSA) is 799 Å². The molecule has 29 N–H and O–H groups in total. The smallest absolute Gasteiger partial charge is 0.187 e. The van der Waals surface area contributed by atoms with E-state index in [4.69, 9.17) is 109 Å². The van der Waals surface area contributed by atoms with E-state index in [0.29, 0.717) is 0 Å². The van der Waals surface area contributed by atoms with E-state index in [2.05, 4.69) is 0 Å². The maximum absolute atomic E-state index is 12.4. The van der Waals surface area contributed by atoms with Crippen LogP contribution in [0.1, 0.15) is 60.8 Å². The van der Waals surface area contributed by atoms with Gasteiger partial charge in [-0.2, -0.15) is 0 Å². The van der Waals surface area contributed by atoms with Crippen molar-refractivity contribution in [2.75, 3.05) is 39.6 Å². The van der Waals surface area contributed by atoms with Crippen molar-refractivity contribution in [1.82, 2.24) is 0 Å². The fourth-order valence-corrected chi connectivity index (χ4v) is 16.9. The molecule has 12 saturated heterocycles. The summed E-state index contributed by atoms with van der Waals surface area (Å²) in [4.78, 5) is 0. The molecule has 52 nitrogen and oxygen atoms in total. The van der Waals surface area contributed by atoms with Gasteiger partial charge < -0.3 is 257 Å². The van der Waals surface area contributed by atoms with Gasteiger partial charge in [-0.05, 0) is 41.5 Å². The van der Waals surface area contributed by atoms with Gasteiger partial charge in [0.1, 0.15) is 220 Å². The molecular weight excluding hydrogens is 1700 g/mol. The van der Waals surface area contributed by atoms with Crippen molar-refractivity contribution in [3.63, 3.8) is 0 Å². The van der Waals surface area contributed by atoms with Crippen LogP contribution in [0.15, 0.2) is 0 Å². The Kier molecular flexibility index (Phi) is 35.1. The predicted octanol–water partition coefficient (Wildman–Crippen LogP) is -17.9. The van der Waals surface area contributed by atoms with Gasteiger partial charge in [-0.3, -0.25) is 0 Å². The first kappa shape index (κ1) is 101. The van der Waals surface area contributed by atoms with Crippen LogP contribution < -0.4 is 0 Å². The van der Waals surface area contributed by atoms with Crippen LogP contribution in [0, 0.1) is 0 Å². The molecule has 0 aliphatic carbocycles. The zero-order valence-corrected chi connectivity index (χ0v) is 67.6. The second kappa shape index (κ2) is 43.1. The second-order valence-electron chi connectivity index (χ2n) is 33.2. The summed E-state index contributed by atoms with van der Waals surface area (Å²) in [5.74, 6) is 0. The Balaban J connectivity index is 0.780. The molecule has 12 aliphatic heterocycles. The fraction of sp³-hybridized carbons (Fsp3) is 1.00. The lowest BCUT2D eigenvalue weighted by Crippen LogP contribution is -2.69. The maximum Gasteiger partial charge on any atom is 0.187 e. The van der Waals surface area contributed by atoms with Gasteiger partial charge in [-0.25, -0.2) is 0 Å². The molecule has 12 fully saturated rings. The Morgan fingerprint density at radius 3 is 0.677 bits per heavy atom. The zero-order valence-electron chi connectivity index (χ0n) is 67.6. The maximum atomic E-state index is 12.4. The van der Waals surface area contributed by atoms with E-state index < -0.39 is 396 Å². The molecule has 0 unspecified atom stereocenters. The van der Waals surface area contributed by atoms with Crippen molar-refractivity contribution in [2.24, 2.45) is 0 Å². The Bertz CT molecular complexity index is 3230. The third-order valence-corrected chi connectivity index (χ3v) is 24.5. The van der Waals surface area contributed by atoms with Crippen molar-refractivity contribution in [2.45, 2.75) is 411 Å². The van der Waals surface area contributed by atoms with Crippen molar-refractivity contribution in [1.29, 1.82) is 0 Å². The lowest BCUT2D eigenvalue weighted by molar-refractivity contribution is -0.416. The van der Waals surface area contributed by atoms with Gasteiger partial charge in [-0.15, -0.1) is 0 Å². The van der Waals surface area contributed by atoms with Gasteiger partial charge in [0.05, 0.1) is 94.6 Å². The van der Waals surface area contributed by atoms with E-state index in [1.807, 2.05) is 0 Å². The normalized spacial score (nSPS) is 55.0. The molecule has 52 heteroatoms. The average Bonchev–Trinajstić information content (AvgIpc) is 0.767. The summed E-state index contributed by atoms with van der Waals surface area (Å²) in [6, 6.07) is 0. The molecule has 0 bridgehead atoms. The van der Waals surface area contributed by atoms with Gasteiger partial charge in [0, 0.05) is 19.3 Å². The van der Waals surface area contributed by atoms with Crippen LogP contribution in [-0.4, -0.2) is 538 Å². The first-order chi connectivity index (χ1) is 58.7. The van der Waals surface area contributed by atoms with Crippen LogP contribution in [0.2, 0.25) is 0 Å². The molecule has 124 heavy (non-hydrogen) atoms. The van der Waals surface area contributed by atoms with Crippen molar-refractivity contribution in [3.8, 4) is 0 Å². The molecule has 0 amide bonds. The van der Waals surface area contributed by atoms with E-state index in [9.17, 15) is 148 Å². The predicted molar refractivity (Wildman–Crippen MR) is 382 cm³/mol. The quantitative estimate of drug-likeness (QED) is 0.0346. The molecule has 12 rings (SSSR count). The zero-order chi connectivity index (χ0) is 90.5. The SMILES string of the molecule is C[C@@H]1O[C@@H](O)[C@H](O)[C@H](O)[C@H]1O[C@H]1O[C@H](CO)[C@@H](O)[C@H](O[C@H]2O[C@H](C)[C@H](O)C[C@H]2O)[C@@H]1O[C@H]1O[C@H](CO)[C@H](O)[C@H](O[C@@H]2O[C@@H](C)[C@H](O[C@H]3O[C@H](CO)[C@@H](O)[C@H](O[C@H]4O[C@H](C)[C@H](O)C[C@H]4O)[C@@H]3O[C@H]3O[C@H](CO)[C@H](O)[C@H](O[C@@H]4O[C@@H](C)[C@H](O[C@H]5O[C@H](CO)[C@@H](O)[C@H](O[C@H]6O[C@H](C)[C@H](O)C[C@H]6O)[C@@H]5O[C@H]5O[C@H](CO)[C@H](O)[C@H](O)[C@H]5O)[C@@H](O)[C@H]4O)[C@H]3O)[C@@H](O)[C@H]2O)[C@H]1O. The average molecular weight is 1820 g/mol. The third kappa shape index (κ3) is 21.3. The highest BCUT2D eigenvalue weighted by Gasteiger charge is 2.63.